The second-order valence-corrected chi connectivity index (χ2v) is 5.70. The average Bonchev–Trinajstić information content (AvgIpc) is 3.01. The normalized spacial score (nSPS) is 10.7. The Morgan fingerprint density at radius 3 is 2.58 bits per heavy atom. The summed E-state index contributed by atoms with van der Waals surface area (Å²) in [5.74, 6) is -0.643. The molecule has 0 bridgehead atoms. The van der Waals surface area contributed by atoms with Crippen molar-refractivity contribution in [1.29, 1.82) is 0 Å². The number of carboxylic acid groups (broad SMARTS) is 1. The average molecular weight is 331 g/mol. The zero-order valence-corrected chi connectivity index (χ0v) is 14.2. The maximum Gasteiger partial charge on any atom is 0.339 e. The number of para-hydroxylation sites is 1. The van der Waals surface area contributed by atoms with Crippen LogP contribution < -0.4 is 4.74 Å². The number of carbonyl (C=O) groups is 2. The topological polar surface area (TPSA) is 84.7 Å². The van der Waals surface area contributed by atoms with Gasteiger partial charge in [-0.25, -0.2) is 9.78 Å². The van der Waals surface area contributed by atoms with Crippen molar-refractivity contribution in [2.24, 2.45) is 0 Å². The van der Waals surface area contributed by atoms with E-state index in [1.807, 2.05) is 24.6 Å². The Labute approximate surface area is 140 Å². The molecule has 2 aromatic rings. The number of carbonyl (C=O) groups excluding carboxylic acids is 1. The minimum absolute atomic E-state index is 0.0413. The van der Waals surface area contributed by atoms with Gasteiger partial charge in [-0.1, -0.05) is 6.07 Å². The van der Waals surface area contributed by atoms with Crippen molar-refractivity contribution in [2.75, 3.05) is 14.2 Å². The van der Waals surface area contributed by atoms with Crippen LogP contribution in [-0.2, 0) is 6.54 Å². The number of imidazole rings is 1. The zero-order chi connectivity index (χ0) is 17.9. The van der Waals surface area contributed by atoms with Gasteiger partial charge >= 0.3 is 5.97 Å². The zero-order valence-electron chi connectivity index (χ0n) is 14.2. The summed E-state index contributed by atoms with van der Waals surface area (Å²) in [5, 5.41) is 9.23. The highest BCUT2D eigenvalue weighted by Crippen LogP contribution is 2.25. The van der Waals surface area contributed by atoms with Gasteiger partial charge in [0.1, 0.15) is 17.1 Å². The van der Waals surface area contributed by atoms with E-state index < -0.39 is 5.97 Å². The number of hydrogen-bond donors (Lipinski definition) is 1. The van der Waals surface area contributed by atoms with E-state index in [2.05, 4.69) is 4.98 Å². The number of methoxy groups -OCH3 is 1. The Kier molecular flexibility index (Phi) is 5.23. The van der Waals surface area contributed by atoms with E-state index in [1.165, 1.54) is 24.1 Å². The molecule has 0 unspecified atom stereocenters. The summed E-state index contributed by atoms with van der Waals surface area (Å²) < 4.78 is 7.14. The summed E-state index contributed by atoms with van der Waals surface area (Å²) in [6, 6.07) is 4.72. The number of amides is 1. The molecule has 0 fully saturated rings. The number of hydrogen-bond acceptors (Lipinski definition) is 4. The summed E-state index contributed by atoms with van der Waals surface area (Å²) in [5.41, 5.74) is 0.169. The van der Waals surface area contributed by atoms with Crippen LogP contribution in [0.3, 0.4) is 0 Å². The SMILES string of the molecule is COc1c(C(=O)O)cccc1C(=O)N(C)Cc1nccn1C(C)C. The second kappa shape index (κ2) is 7.16. The lowest BCUT2D eigenvalue weighted by Crippen LogP contribution is -2.28. The van der Waals surface area contributed by atoms with Crippen molar-refractivity contribution in [3.05, 3.63) is 47.5 Å². The van der Waals surface area contributed by atoms with Gasteiger partial charge in [0.15, 0.2) is 0 Å². The van der Waals surface area contributed by atoms with Crippen molar-refractivity contribution in [3.63, 3.8) is 0 Å². The fourth-order valence-corrected chi connectivity index (χ4v) is 2.52. The number of nitrogens with zero attached hydrogens (tertiary/aromatic N) is 3. The molecule has 1 heterocycles. The van der Waals surface area contributed by atoms with Crippen LogP contribution in [0.4, 0.5) is 0 Å². The van der Waals surface area contributed by atoms with Gasteiger partial charge in [0.25, 0.3) is 5.91 Å². The van der Waals surface area contributed by atoms with E-state index in [9.17, 15) is 14.7 Å². The number of aromatic nitrogens is 2. The van der Waals surface area contributed by atoms with Gasteiger partial charge in [0, 0.05) is 25.5 Å². The first-order valence-corrected chi connectivity index (χ1v) is 7.54. The second-order valence-electron chi connectivity index (χ2n) is 5.70. The monoisotopic (exact) mass is 331 g/mol. The number of benzene rings is 1. The van der Waals surface area contributed by atoms with Gasteiger partial charge in [-0.2, -0.15) is 0 Å². The van der Waals surface area contributed by atoms with Crippen molar-refractivity contribution in [3.8, 4) is 5.75 Å². The molecule has 0 aliphatic carbocycles. The van der Waals surface area contributed by atoms with E-state index in [-0.39, 0.29) is 28.8 Å². The van der Waals surface area contributed by atoms with Crippen LogP contribution in [0.2, 0.25) is 0 Å². The molecule has 0 atom stereocenters. The van der Waals surface area contributed by atoms with Crippen LogP contribution in [0.25, 0.3) is 0 Å². The highest BCUT2D eigenvalue weighted by Gasteiger charge is 2.22. The minimum Gasteiger partial charge on any atom is -0.495 e. The lowest BCUT2D eigenvalue weighted by Gasteiger charge is -2.20. The molecule has 24 heavy (non-hydrogen) atoms. The number of rotatable bonds is 6. The molecule has 0 spiro atoms. The molecule has 2 rings (SSSR count). The van der Waals surface area contributed by atoms with Crippen LogP contribution in [0, 0.1) is 0 Å². The first kappa shape index (κ1) is 17.5. The van der Waals surface area contributed by atoms with Gasteiger partial charge in [0.2, 0.25) is 0 Å². The van der Waals surface area contributed by atoms with Crippen LogP contribution >= 0.6 is 0 Å². The van der Waals surface area contributed by atoms with Crippen LogP contribution in [0.1, 0.15) is 46.4 Å². The Balaban J connectivity index is 2.30. The van der Waals surface area contributed by atoms with Crippen LogP contribution in [0.15, 0.2) is 30.6 Å². The summed E-state index contributed by atoms with van der Waals surface area (Å²) in [4.78, 5) is 29.8. The molecule has 1 amide bonds. The number of aromatic carboxylic acids is 1. The summed E-state index contributed by atoms with van der Waals surface area (Å²) in [7, 11) is 3.00. The van der Waals surface area contributed by atoms with Crippen molar-refractivity contribution in [2.45, 2.75) is 26.4 Å². The quantitative estimate of drug-likeness (QED) is 0.879. The van der Waals surface area contributed by atoms with Crippen molar-refractivity contribution < 1.29 is 19.4 Å². The first-order valence-electron chi connectivity index (χ1n) is 7.54. The summed E-state index contributed by atoms with van der Waals surface area (Å²) in [6.45, 7) is 4.38. The predicted molar refractivity (Wildman–Crippen MR) is 88.4 cm³/mol. The predicted octanol–water partition coefficient (Wildman–Crippen LogP) is 2.44. The van der Waals surface area contributed by atoms with Crippen molar-refractivity contribution >= 4 is 11.9 Å². The van der Waals surface area contributed by atoms with E-state index in [0.717, 1.165) is 5.82 Å². The van der Waals surface area contributed by atoms with Gasteiger partial charge in [-0.05, 0) is 26.0 Å². The van der Waals surface area contributed by atoms with E-state index in [1.54, 1.807) is 19.3 Å². The van der Waals surface area contributed by atoms with Crippen LogP contribution in [0.5, 0.6) is 5.75 Å². The number of carboxylic acids is 1. The highest BCUT2D eigenvalue weighted by atomic mass is 16.5. The molecule has 0 saturated carbocycles. The molecule has 0 aliphatic heterocycles. The third-order valence-electron chi connectivity index (χ3n) is 3.71. The molecule has 7 heteroatoms. The smallest absolute Gasteiger partial charge is 0.339 e. The maximum absolute atomic E-state index is 12.7. The third-order valence-corrected chi connectivity index (χ3v) is 3.71. The van der Waals surface area contributed by atoms with Gasteiger partial charge in [0.05, 0.1) is 19.2 Å². The van der Waals surface area contributed by atoms with Gasteiger partial charge in [-0.3, -0.25) is 4.79 Å². The first-order chi connectivity index (χ1) is 11.4. The fraction of sp³-hybridized carbons (Fsp3) is 0.353. The van der Waals surface area contributed by atoms with Gasteiger partial charge < -0.3 is 19.3 Å². The maximum atomic E-state index is 12.7. The fourth-order valence-electron chi connectivity index (χ4n) is 2.52. The lowest BCUT2D eigenvalue weighted by molar-refractivity contribution is 0.0693. The summed E-state index contributed by atoms with van der Waals surface area (Å²) >= 11 is 0. The highest BCUT2D eigenvalue weighted by molar-refractivity contribution is 6.01. The molecule has 1 aromatic carbocycles. The lowest BCUT2D eigenvalue weighted by atomic mass is 10.1. The summed E-state index contributed by atoms with van der Waals surface area (Å²) in [6.07, 6.45) is 3.56. The molecule has 0 aliphatic rings. The van der Waals surface area contributed by atoms with Crippen LogP contribution in [-0.4, -0.2) is 45.6 Å². The molecule has 0 saturated heterocycles. The molecule has 1 aromatic heterocycles. The van der Waals surface area contributed by atoms with E-state index in [0.29, 0.717) is 6.54 Å². The molecule has 7 nitrogen and oxygen atoms in total. The molecule has 0 radical (unpaired) electrons. The van der Waals surface area contributed by atoms with Crippen molar-refractivity contribution in [1.82, 2.24) is 14.5 Å². The van der Waals surface area contributed by atoms with E-state index >= 15 is 0 Å². The standard InChI is InChI=1S/C17H21N3O4/c1-11(2)20-9-8-18-14(20)10-19(3)16(21)12-6-5-7-13(17(22)23)15(12)24-4/h5-9,11H,10H2,1-4H3,(H,22,23). The Bertz CT molecular complexity index is 752. The number of ether oxygens (including phenoxy) is 1. The Morgan fingerprint density at radius 1 is 1.33 bits per heavy atom. The molecular weight excluding hydrogens is 310 g/mol. The largest absolute Gasteiger partial charge is 0.495 e. The molecule has 1 N–H and O–H groups in total. The Morgan fingerprint density at radius 2 is 2.00 bits per heavy atom. The third kappa shape index (κ3) is 3.40. The Hall–Kier alpha value is -2.83. The molecule has 128 valence electrons. The molecular formula is C17H21N3O4. The minimum atomic E-state index is -1.14. The van der Waals surface area contributed by atoms with E-state index in [4.69, 9.17) is 4.74 Å². The van der Waals surface area contributed by atoms with Gasteiger partial charge in [-0.15, -0.1) is 0 Å².